The van der Waals surface area contributed by atoms with Crippen molar-refractivity contribution in [3.63, 3.8) is 0 Å². The molecule has 4 nitrogen and oxygen atoms in total. The monoisotopic (exact) mass is 386 g/mol. The molecule has 0 aliphatic carbocycles. The summed E-state index contributed by atoms with van der Waals surface area (Å²) in [5.41, 5.74) is 6.57. The van der Waals surface area contributed by atoms with E-state index in [2.05, 4.69) is 36.8 Å². The van der Waals surface area contributed by atoms with Crippen molar-refractivity contribution < 1.29 is 9.47 Å². The molecule has 2 rings (SSSR count). The first-order valence-corrected chi connectivity index (χ1v) is 7.08. The number of hydrogen-bond acceptors (Lipinski definition) is 4. The van der Waals surface area contributed by atoms with E-state index in [1.54, 1.807) is 19.5 Å². The minimum Gasteiger partial charge on any atom is -0.496 e. The first-order chi connectivity index (χ1) is 9.15. The molecule has 0 aliphatic heterocycles. The van der Waals surface area contributed by atoms with Crippen molar-refractivity contribution in [3.05, 3.63) is 45.1 Å². The van der Waals surface area contributed by atoms with Crippen LogP contribution in [0.15, 0.2) is 39.5 Å². The number of nitrogens with two attached hydrogens (primary N) is 1. The van der Waals surface area contributed by atoms with Crippen LogP contribution in [0.4, 0.5) is 0 Å². The molecule has 0 amide bonds. The third-order valence-electron chi connectivity index (χ3n) is 2.52. The predicted octanol–water partition coefficient (Wildman–Crippen LogP) is 3.87. The number of methoxy groups -OCH3 is 1. The van der Waals surface area contributed by atoms with Crippen LogP contribution >= 0.6 is 31.9 Å². The lowest BCUT2D eigenvalue weighted by molar-refractivity contribution is 0.409. The smallest absolute Gasteiger partial charge is 0.150 e. The second kappa shape index (κ2) is 6.36. The van der Waals surface area contributed by atoms with E-state index < -0.39 is 0 Å². The van der Waals surface area contributed by atoms with Gasteiger partial charge in [-0.3, -0.25) is 4.98 Å². The Balaban J connectivity index is 2.36. The molecule has 0 radical (unpaired) electrons. The molecule has 2 N–H and O–H groups in total. The van der Waals surface area contributed by atoms with Crippen molar-refractivity contribution in [3.8, 4) is 17.2 Å². The molecule has 0 fully saturated rings. The van der Waals surface area contributed by atoms with Gasteiger partial charge in [-0.05, 0) is 50.1 Å². The summed E-state index contributed by atoms with van der Waals surface area (Å²) in [6.45, 7) is 0.396. The van der Waals surface area contributed by atoms with Gasteiger partial charge < -0.3 is 15.2 Å². The minimum atomic E-state index is 0.396. The number of pyridine rings is 1. The molecule has 0 unspecified atom stereocenters. The van der Waals surface area contributed by atoms with Crippen LogP contribution < -0.4 is 15.2 Å². The third kappa shape index (κ3) is 3.26. The highest BCUT2D eigenvalue weighted by atomic mass is 79.9. The van der Waals surface area contributed by atoms with E-state index in [-0.39, 0.29) is 0 Å². The Morgan fingerprint density at radius 2 is 1.84 bits per heavy atom. The van der Waals surface area contributed by atoms with Gasteiger partial charge in [0.05, 0.1) is 22.3 Å². The summed E-state index contributed by atoms with van der Waals surface area (Å²) >= 11 is 6.87. The lowest BCUT2D eigenvalue weighted by atomic mass is 10.2. The first kappa shape index (κ1) is 14.3. The summed E-state index contributed by atoms with van der Waals surface area (Å²) in [7, 11) is 1.61. The van der Waals surface area contributed by atoms with Crippen molar-refractivity contribution in [2.75, 3.05) is 7.11 Å². The van der Waals surface area contributed by atoms with Crippen LogP contribution in [-0.4, -0.2) is 12.1 Å². The molecule has 19 heavy (non-hydrogen) atoms. The second-order valence-corrected chi connectivity index (χ2v) is 5.42. The van der Waals surface area contributed by atoms with Crippen molar-refractivity contribution in [1.29, 1.82) is 0 Å². The van der Waals surface area contributed by atoms with Crippen molar-refractivity contribution in [1.82, 2.24) is 4.98 Å². The molecule has 0 bridgehead atoms. The van der Waals surface area contributed by atoms with Crippen LogP contribution in [0.5, 0.6) is 17.2 Å². The summed E-state index contributed by atoms with van der Waals surface area (Å²) in [6, 6.07) is 5.50. The van der Waals surface area contributed by atoms with Crippen LogP contribution in [0.3, 0.4) is 0 Å². The molecule has 0 atom stereocenters. The molecular formula is C13H12Br2N2O2. The van der Waals surface area contributed by atoms with Crippen LogP contribution in [0, 0.1) is 0 Å². The first-order valence-electron chi connectivity index (χ1n) is 5.49. The molecule has 0 aliphatic rings. The van der Waals surface area contributed by atoms with Crippen LogP contribution in [0.25, 0.3) is 0 Å². The Bertz CT molecular complexity index is 591. The summed E-state index contributed by atoms with van der Waals surface area (Å²) in [6.07, 6.45) is 3.33. The summed E-state index contributed by atoms with van der Waals surface area (Å²) < 4.78 is 12.7. The number of aromatic nitrogens is 1. The van der Waals surface area contributed by atoms with E-state index >= 15 is 0 Å². The maximum Gasteiger partial charge on any atom is 0.150 e. The fraction of sp³-hybridized carbons (Fsp3) is 0.154. The zero-order valence-corrected chi connectivity index (χ0v) is 13.4. The summed E-state index contributed by atoms with van der Waals surface area (Å²) in [5.74, 6) is 2.03. The predicted molar refractivity (Wildman–Crippen MR) is 80.6 cm³/mol. The highest BCUT2D eigenvalue weighted by Crippen LogP contribution is 2.38. The standard InChI is InChI=1S/C13H12Br2N2O2/c1-18-11-4-10(15)12(5-9(11)14)19-13-7-17-3-2-8(13)6-16/h2-5,7H,6,16H2,1H3. The molecular weight excluding hydrogens is 376 g/mol. The number of rotatable bonds is 4. The van der Waals surface area contributed by atoms with E-state index in [0.717, 1.165) is 20.3 Å². The third-order valence-corrected chi connectivity index (χ3v) is 3.76. The minimum absolute atomic E-state index is 0.396. The quantitative estimate of drug-likeness (QED) is 0.865. The van der Waals surface area contributed by atoms with Gasteiger partial charge in [0, 0.05) is 18.3 Å². The molecule has 0 saturated heterocycles. The van der Waals surface area contributed by atoms with Gasteiger partial charge in [0.1, 0.15) is 17.2 Å². The Hall–Kier alpha value is -1.11. The Morgan fingerprint density at radius 3 is 2.53 bits per heavy atom. The van der Waals surface area contributed by atoms with Gasteiger partial charge in [-0.25, -0.2) is 0 Å². The lowest BCUT2D eigenvalue weighted by Crippen LogP contribution is -2.00. The maximum absolute atomic E-state index is 5.84. The van der Waals surface area contributed by atoms with Gasteiger partial charge >= 0.3 is 0 Å². The summed E-state index contributed by atoms with van der Waals surface area (Å²) in [4.78, 5) is 4.04. The molecule has 2 aromatic rings. The van der Waals surface area contributed by atoms with E-state index in [4.69, 9.17) is 15.2 Å². The fourth-order valence-electron chi connectivity index (χ4n) is 1.53. The highest BCUT2D eigenvalue weighted by molar-refractivity contribution is 9.11. The van der Waals surface area contributed by atoms with Gasteiger partial charge in [0.2, 0.25) is 0 Å². The van der Waals surface area contributed by atoms with Crippen molar-refractivity contribution in [2.45, 2.75) is 6.54 Å². The SMILES string of the molecule is COc1cc(Br)c(Oc2cnccc2CN)cc1Br. The molecule has 1 heterocycles. The van der Waals surface area contributed by atoms with E-state index in [1.165, 1.54) is 0 Å². The summed E-state index contributed by atoms with van der Waals surface area (Å²) in [5, 5.41) is 0. The number of halogens is 2. The van der Waals surface area contributed by atoms with Crippen molar-refractivity contribution >= 4 is 31.9 Å². The Kier molecular flexibility index (Phi) is 4.79. The zero-order valence-electron chi connectivity index (χ0n) is 10.2. The van der Waals surface area contributed by atoms with Crippen LogP contribution in [-0.2, 0) is 6.54 Å². The zero-order chi connectivity index (χ0) is 13.8. The van der Waals surface area contributed by atoms with E-state index in [1.807, 2.05) is 18.2 Å². The van der Waals surface area contributed by atoms with Crippen molar-refractivity contribution in [2.24, 2.45) is 5.73 Å². The lowest BCUT2D eigenvalue weighted by Gasteiger charge is -2.12. The number of hydrogen-bond donors (Lipinski definition) is 1. The van der Waals surface area contributed by atoms with Gasteiger partial charge in [-0.1, -0.05) is 0 Å². The Labute approximate surface area is 128 Å². The van der Waals surface area contributed by atoms with Gasteiger partial charge in [0.25, 0.3) is 0 Å². The highest BCUT2D eigenvalue weighted by Gasteiger charge is 2.11. The number of ether oxygens (including phenoxy) is 2. The maximum atomic E-state index is 5.84. The second-order valence-electron chi connectivity index (χ2n) is 3.71. The molecule has 100 valence electrons. The molecule has 0 spiro atoms. The molecule has 0 saturated carbocycles. The van der Waals surface area contributed by atoms with Crippen LogP contribution in [0.1, 0.15) is 5.56 Å². The molecule has 1 aromatic carbocycles. The average Bonchev–Trinajstić information content (AvgIpc) is 2.43. The largest absolute Gasteiger partial charge is 0.496 e. The molecule has 1 aromatic heterocycles. The molecule has 6 heteroatoms. The van der Waals surface area contributed by atoms with Gasteiger partial charge in [-0.15, -0.1) is 0 Å². The van der Waals surface area contributed by atoms with E-state index in [0.29, 0.717) is 18.0 Å². The topological polar surface area (TPSA) is 57.4 Å². The number of benzene rings is 1. The number of nitrogens with zero attached hydrogens (tertiary/aromatic N) is 1. The average molecular weight is 388 g/mol. The van der Waals surface area contributed by atoms with Gasteiger partial charge in [0.15, 0.2) is 0 Å². The van der Waals surface area contributed by atoms with E-state index in [9.17, 15) is 0 Å². The van der Waals surface area contributed by atoms with Crippen LogP contribution in [0.2, 0.25) is 0 Å². The fourth-order valence-corrected chi connectivity index (χ4v) is 2.42. The van der Waals surface area contributed by atoms with Gasteiger partial charge in [-0.2, -0.15) is 0 Å². The normalized spacial score (nSPS) is 10.3. The Morgan fingerprint density at radius 1 is 1.16 bits per heavy atom.